The second kappa shape index (κ2) is 7.40. The van der Waals surface area contributed by atoms with Crippen LogP contribution in [0.25, 0.3) is 11.1 Å². The first-order valence-electron chi connectivity index (χ1n) is 9.14. The molecule has 2 N–H and O–H groups in total. The Kier molecular flexibility index (Phi) is 5.62. The number of rotatable bonds is 4. The molecule has 2 aromatic rings. The summed E-state index contributed by atoms with van der Waals surface area (Å²) in [6.45, 7) is 11.1. The number of phenols is 1. The van der Waals surface area contributed by atoms with Crippen molar-refractivity contribution in [2.24, 2.45) is 0 Å². The number of aromatic carboxylic acids is 1. The van der Waals surface area contributed by atoms with Gasteiger partial charge in [0, 0.05) is 17.2 Å². The van der Waals surface area contributed by atoms with Crippen molar-refractivity contribution < 1.29 is 24.9 Å². The fourth-order valence-electron chi connectivity index (χ4n) is 3.26. The van der Waals surface area contributed by atoms with Crippen LogP contribution in [-0.4, -0.2) is 26.0 Å². The number of phenolic OH excluding ortho intramolecular Hbond substituents is 1. The third-order valence-corrected chi connectivity index (χ3v) is 4.75. The highest BCUT2D eigenvalue weighted by Gasteiger charge is 2.32. The van der Waals surface area contributed by atoms with Crippen molar-refractivity contribution in [3.05, 3.63) is 61.2 Å². The van der Waals surface area contributed by atoms with E-state index in [1.165, 1.54) is 12.1 Å². The minimum Gasteiger partial charge on any atom is -0.507 e. The van der Waals surface area contributed by atoms with Crippen molar-refractivity contribution in [1.82, 2.24) is 0 Å². The van der Waals surface area contributed by atoms with E-state index in [1.807, 2.05) is 41.5 Å². The zero-order valence-electron chi connectivity index (χ0n) is 17.6. The molecule has 0 aliphatic carbocycles. The number of carboxylic acids is 1. The Morgan fingerprint density at radius 1 is 0.867 bits per heavy atom. The van der Waals surface area contributed by atoms with Gasteiger partial charge in [0.05, 0.1) is 27.0 Å². The van der Waals surface area contributed by atoms with E-state index in [4.69, 9.17) is 0 Å². The molecule has 9 heteroatoms. The third kappa shape index (κ3) is 4.24. The maximum atomic E-state index is 11.9. The second-order valence-corrected chi connectivity index (χ2v) is 9.13. The molecule has 0 aromatic heterocycles. The van der Waals surface area contributed by atoms with E-state index >= 15 is 0 Å². The summed E-state index contributed by atoms with van der Waals surface area (Å²) < 4.78 is 0. The van der Waals surface area contributed by atoms with Crippen molar-refractivity contribution in [3.63, 3.8) is 0 Å². The highest BCUT2D eigenvalue weighted by molar-refractivity contribution is 6.00. The molecule has 0 saturated heterocycles. The number of hydrogen-bond acceptors (Lipinski definition) is 6. The zero-order valence-corrected chi connectivity index (χ0v) is 17.6. The van der Waals surface area contributed by atoms with Gasteiger partial charge in [-0.05, 0) is 28.5 Å². The second-order valence-electron chi connectivity index (χ2n) is 9.13. The molecular formula is C21H24N2O7. The SMILES string of the molecule is CC(C)(C)c1cc(-c2c(C(=O)O)cc([N+](=O)[O-])cc2[N+](=O)[O-])cc(C(C)(C)C)c1O. The van der Waals surface area contributed by atoms with Crippen LogP contribution in [0.1, 0.15) is 63.0 Å². The first-order chi connectivity index (χ1) is 13.6. The predicted molar refractivity (Wildman–Crippen MR) is 111 cm³/mol. The summed E-state index contributed by atoms with van der Waals surface area (Å²) in [5.41, 5.74) is -2.13. The van der Waals surface area contributed by atoms with E-state index in [1.54, 1.807) is 0 Å². The van der Waals surface area contributed by atoms with Crippen LogP contribution >= 0.6 is 0 Å². The normalized spacial score (nSPS) is 11.9. The van der Waals surface area contributed by atoms with Crippen molar-refractivity contribution in [2.45, 2.75) is 52.4 Å². The Balaban J connectivity index is 3.08. The maximum Gasteiger partial charge on any atom is 0.336 e. The third-order valence-electron chi connectivity index (χ3n) is 4.75. The number of carbonyl (C=O) groups is 1. The molecule has 2 rings (SSSR count). The molecule has 0 spiro atoms. The van der Waals surface area contributed by atoms with Crippen LogP contribution in [-0.2, 0) is 10.8 Å². The summed E-state index contributed by atoms with van der Waals surface area (Å²) in [5, 5.41) is 43.4. The van der Waals surface area contributed by atoms with E-state index in [0.717, 1.165) is 12.1 Å². The number of hydrogen-bond donors (Lipinski definition) is 2. The smallest absolute Gasteiger partial charge is 0.336 e. The van der Waals surface area contributed by atoms with Crippen molar-refractivity contribution in [1.29, 1.82) is 0 Å². The maximum absolute atomic E-state index is 11.9. The van der Waals surface area contributed by atoms with Crippen LogP contribution in [0.2, 0.25) is 0 Å². The van der Waals surface area contributed by atoms with Crippen LogP contribution in [0.5, 0.6) is 5.75 Å². The molecule has 0 bridgehead atoms. The van der Waals surface area contributed by atoms with Gasteiger partial charge < -0.3 is 10.2 Å². The molecule has 9 nitrogen and oxygen atoms in total. The lowest BCUT2D eigenvalue weighted by Gasteiger charge is -2.28. The van der Waals surface area contributed by atoms with Crippen molar-refractivity contribution >= 4 is 17.3 Å². The lowest BCUT2D eigenvalue weighted by Crippen LogP contribution is -2.17. The van der Waals surface area contributed by atoms with Gasteiger partial charge in [-0.15, -0.1) is 0 Å². The number of carboxylic acid groups (broad SMARTS) is 1. The molecule has 0 amide bonds. The summed E-state index contributed by atoms with van der Waals surface area (Å²) in [6.07, 6.45) is 0. The molecule has 0 saturated carbocycles. The standard InChI is InChI=1S/C21H24N2O7/c1-20(2,3)14-7-11(8-15(18(14)24)21(4,5)6)17-13(19(25)26)9-12(22(27)28)10-16(17)23(29)30/h7-10,24H,1-6H3,(H,25,26). The summed E-state index contributed by atoms with van der Waals surface area (Å²) >= 11 is 0. The zero-order chi connectivity index (χ0) is 23.2. The number of nitrogens with zero attached hydrogens (tertiary/aromatic N) is 2. The number of benzene rings is 2. The minimum atomic E-state index is -1.53. The monoisotopic (exact) mass is 416 g/mol. The Bertz CT molecular complexity index is 990. The topological polar surface area (TPSA) is 144 Å². The largest absolute Gasteiger partial charge is 0.507 e. The minimum absolute atomic E-state index is 0.0280. The van der Waals surface area contributed by atoms with Crippen molar-refractivity contribution in [3.8, 4) is 16.9 Å². The molecular weight excluding hydrogens is 392 g/mol. The lowest BCUT2D eigenvalue weighted by molar-refractivity contribution is -0.393. The van der Waals surface area contributed by atoms with E-state index in [9.17, 15) is 35.2 Å². The summed E-state index contributed by atoms with van der Waals surface area (Å²) in [4.78, 5) is 33.1. The predicted octanol–water partition coefficient (Wildman–Crippen LogP) is 5.17. The number of aromatic hydroxyl groups is 1. The number of nitro benzene ring substituents is 2. The molecule has 0 aliphatic rings. The quantitative estimate of drug-likeness (QED) is 0.517. The molecule has 160 valence electrons. The van der Waals surface area contributed by atoms with Crippen LogP contribution in [0.4, 0.5) is 11.4 Å². The Morgan fingerprint density at radius 2 is 1.33 bits per heavy atom. The van der Waals surface area contributed by atoms with Gasteiger partial charge in [0.25, 0.3) is 11.4 Å². The average molecular weight is 416 g/mol. The number of nitro groups is 2. The van der Waals surface area contributed by atoms with Crippen LogP contribution in [0, 0.1) is 20.2 Å². The van der Waals surface area contributed by atoms with Crippen LogP contribution in [0.3, 0.4) is 0 Å². The molecule has 0 fully saturated rings. The fraction of sp³-hybridized carbons (Fsp3) is 0.381. The Hall–Kier alpha value is -3.49. The molecule has 30 heavy (non-hydrogen) atoms. The van der Waals surface area contributed by atoms with Gasteiger partial charge in [0.1, 0.15) is 5.75 Å². The first kappa shape index (κ1) is 22.8. The van der Waals surface area contributed by atoms with E-state index in [-0.39, 0.29) is 16.9 Å². The molecule has 0 atom stereocenters. The van der Waals surface area contributed by atoms with Gasteiger partial charge in [-0.25, -0.2) is 4.79 Å². The molecule has 2 aromatic carbocycles. The van der Waals surface area contributed by atoms with E-state index in [2.05, 4.69) is 0 Å². The van der Waals surface area contributed by atoms with Gasteiger partial charge in [-0.2, -0.15) is 0 Å². The number of non-ortho nitro benzene ring substituents is 1. The summed E-state index contributed by atoms with van der Waals surface area (Å²) in [7, 11) is 0. The highest BCUT2D eigenvalue weighted by atomic mass is 16.6. The average Bonchev–Trinajstić information content (AvgIpc) is 2.58. The summed E-state index contributed by atoms with van der Waals surface area (Å²) in [5.74, 6) is -1.50. The lowest BCUT2D eigenvalue weighted by atomic mass is 9.77. The van der Waals surface area contributed by atoms with Gasteiger partial charge >= 0.3 is 5.97 Å². The van der Waals surface area contributed by atoms with Gasteiger partial charge in [-0.3, -0.25) is 20.2 Å². The van der Waals surface area contributed by atoms with Gasteiger partial charge in [-0.1, -0.05) is 41.5 Å². The van der Waals surface area contributed by atoms with Gasteiger partial charge in [0.2, 0.25) is 0 Å². The Labute approximate surface area is 173 Å². The van der Waals surface area contributed by atoms with E-state index in [0.29, 0.717) is 11.1 Å². The molecule has 0 heterocycles. The summed E-state index contributed by atoms with van der Waals surface area (Å²) in [6, 6.07) is 4.57. The van der Waals surface area contributed by atoms with Crippen LogP contribution in [0.15, 0.2) is 24.3 Å². The van der Waals surface area contributed by atoms with Gasteiger partial charge in [0.15, 0.2) is 0 Å². The fourth-order valence-corrected chi connectivity index (χ4v) is 3.26. The molecule has 0 radical (unpaired) electrons. The van der Waals surface area contributed by atoms with E-state index < -0.39 is 43.6 Å². The molecule has 0 aliphatic heterocycles. The van der Waals surface area contributed by atoms with Crippen LogP contribution < -0.4 is 0 Å². The van der Waals surface area contributed by atoms with Crippen molar-refractivity contribution in [2.75, 3.05) is 0 Å². The molecule has 0 unspecified atom stereocenters. The highest BCUT2D eigenvalue weighted by Crippen LogP contribution is 2.45. The first-order valence-corrected chi connectivity index (χ1v) is 9.14. The Morgan fingerprint density at radius 3 is 1.67 bits per heavy atom.